The van der Waals surface area contributed by atoms with Crippen LogP contribution in [0.1, 0.15) is 25.5 Å². The summed E-state index contributed by atoms with van der Waals surface area (Å²) < 4.78 is 18.8. The number of nitrogens with zero attached hydrogens (tertiary/aromatic N) is 1. The molecule has 104 valence electrons. The fourth-order valence-corrected chi connectivity index (χ4v) is 2.06. The van der Waals surface area contributed by atoms with Gasteiger partial charge in [0.25, 0.3) is 0 Å². The largest absolute Gasteiger partial charge is 0.376 e. The van der Waals surface area contributed by atoms with Gasteiger partial charge in [-0.3, -0.25) is 4.98 Å². The van der Waals surface area contributed by atoms with Gasteiger partial charge in [0.05, 0.1) is 24.4 Å². The lowest BCUT2D eigenvalue weighted by molar-refractivity contribution is 0.0860. The van der Waals surface area contributed by atoms with Gasteiger partial charge in [-0.05, 0) is 31.9 Å². The molecule has 0 radical (unpaired) electrons. The second-order valence-electron chi connectivity index (χ2n) is 4.60. The molecule has 1 saturated heterocycles. The molecule has 0 unspecified atom stereocenters. The number of rotatable bonds is 4. The standard InChI is InChI=1S/C13H18FN3O2/c1-9(12-5-3-7-19-12)17-13(18)16-8-11-10(14)4-2-6-15-11/h2,4,6,9,12H,3,5,7-8H2,1H3,(H2,16,17,18)/t9-,12-/m0/s1. The molecule has 6 heteroatoms. The highest BCUT2D eigenvalue weighted by atomic mass is 19.1. The topological polar surface area (TPSA) is 63.2 Å². The number of amides is 2. The molecule has 0 bridgehead atoms. The first-order valence-electron chi connectivity index (χ1n) is 6.42. The van der Waals surface area contributed by atoms with Crippen molar-refractivity contribution in [1.29, 1.82) is 0 Å². The van der Waals surface area contributed by atoms with Crippen LogP contribution < -0.4 is 10.6 Å². The Morgan fingerprint density at radius 2 is 2.53 bits per heavy atom. The van der Waals surface area contributed by atoms with Gasteiger partial charge in [-0.15, -0.1) is 0 Å². The first-order valence-corrected chi connectivity index (χ1v) is 6.42. The van der Waals surface area contributed by atoms with Gasteiger partial charge in [-0.2, -0.15) is 0 Å². The monoisotopic (exact) mass is 267 g/mol. The molecule has 2 amide bonds. The van der Waals surface area contributed by atoms with Crippen LogP contribution in [0.15, 0.2) is 18.3 Å². The molecule has 0 spiro atoms. The van der Waals surface area contributed by atoms with Crippen molar-refractivity contribution in [2.45, 2.75) is 38.5 Å². The molecule has 2 atom stereocenters. The molecule has 19 heavy (non-hydrogen) atoms. The predicted octanol–water partition coefficient (Wildman–Crippen LogP) is 1.59. The Labute approximate surface area is 111 Å². The minimum Gasteiger partial charge on any atom is -0.376 e. The van der Waals surface area contributed by atoms with Gasteiger partial charge in [-0.1, -0.05) is 0 Å². The van der Waals surface area contributed by atoms with Crippen molar-refractivity contribution in [2.75, 3.05) is 6.61 Å². The molecule has 5 nitrogen and oxygen atoms in total. The lowest BCUT2D eigenvalue weighted by atomic mass is 10.1. The van der Waals surface area contributed by atoms with E-state index >= 15 is 0 Å². The van der Waals surface area contributed by atoms with E-state index in [2.05, 4.69) is 15.6 Å². The van der Waals surface area contributed by atoms with Crippen LogP contribution in [0.3, 0.4) is 0 Å². The van der Waals surface area contributed by atoms with Crippen molar-refractivity contribution in [3.05, 3.63) is 29.8 Å². The van der Waals surface area contributed by atoms with Crippen LogP contribution in [0, 0.1) is 5.82 Å². The van der Waals surface area contributed by atoms with Crippen LogP contribution in [-0.2, 0) is 11.3 Å². The van der Waals surface area contributed by atoms with Crippen molar-refractivity contribution < 1.29 is 13.9 Å². The Balaban J connectivity index is 1.77. The smallest absolute Gasteiger partial charge is 0.315 e. The van der Waals surface area contributed by atoms with E-state index in [0.29, 0.717) is 0 Å². The Hall–Kier alpha value is -1.69. The Kier molecular flexibility index (Phi) is 4.68. The molecule has 2 heterocycles. The van der Waals surface area contributed by atoms with Gasteiger partial charge in [-0.25, -0.2) is 9.18 Å². The third kappa shape index (κ3) is 3.89. The zero-order valence-corrected chi connectivity index (χ0v) is 10.9. The van der Waals surface area contributed by atoms with Gasteiger partial charge < -0.3 is 15.4 Å². The van der Waals surface area contributed by atoms with Crippen LogP contribution in [-0.4, -0.2) is 29.8 Å². The molecular weight excluding hydrogens is 249 g/mol. The Bertz CT molecular complexity index is 436. The lowest BCUT2D eigenvalue weighted by Gasteiger charge is -2.20. The van der Waals surface area contributed by atoms with Crippen molar-refractivity contribution in [3.63, 3.8) is 0 Å². The highest BCUT2D eigenvalue weighted by molar-refractivity contribution is 5.74. The fourth-order valence-electron chi connectivity index (χ4n) is 2.06. The van der Waals surface area contributed by atoms with E-state index in [0.717, 1.165) is 19.4 Å². The van der Waals surface area contributed by atoms with Crippen molar-refractivity contribution >= 4 is 6.03 Å². The van der Waals surface area contributed by atoms with E-state index in [-0.39, 0.29) is 30.4 Å². The molecule has 2 N–H and O–H groups in total. The molecule has 2 rings (SSSR count). The highest BCUT2D eigenvalue weighted by Crippen LogP contribution is 2.15. The van der Waals surface area contributed by atoms with Crippen LogP contribution in [0.5, 0.6) is 0 Å². The number of ether oxygens (including phenoxy) is 1. The van der Waals surface area contributed by atoms with Crippen LogP contribution in [0.2, 0.25) is 0 Å². The molecule has 1 aromatic heterocycles. The summed E-state index contributed by atoms with van der Waals surface area (Å²) in [4.78, 5) is 15.5. The summed E-state index contributed by atoms with van der Waals surface area (Å²) in [5.41, 5.74) is 0.224. The van der Waals surface area contributed by atoms with Crippen LogP contribution in [0.25, 0.3) is 0 Å². The minimum atomic E-state index is -0.421. The number of pyridine rings is 1. The minimum absolute atomic E-state index is 0.0592. The maximum Gasteiger partial charge on any atom is 0.315 e. The molecule has 1 aromatic rings. The van der Waals surface area contributed by atoms with E-state index < -0.39 is 5.82 Å². The Morgan fingerprint density at radius 1 is 1.68 bits per heavy atom. The quantitative estimate of drug-likeness (QED) is 0.870. The number of urea groups is 1. The van der Waals surface area contributed by atoms with Gasteiger partial charge in [0.1, 0.15) is 5.82 Å². The zero-order chi connectivity index (χ0) is 13.7. The van der Waals surface area contributed by atoms with Gasteiger partial charge >= 0.3 is 6.03 Å². The van der Waals surface area contributed by atoms with Crippen LogP contribution >= 0.6 is 0 Å². The normalized spacial score (nSPS) is 20.0. The molecule has 1 aliphatic heterocycles. The summed E-state index contributed by atoms with van der Waals surface area (Å²) in [6, 6.07) is 2.43. The first kappa shape index (κ1) is 13.7. The molecular formula is C13H18FN3O2. The maximum atomic E-state index is 13.3. The second-order valence-corrected chi connectivity index (χ2v) is 4.60. The van der Waals surface area contributed by atoms with Crippen molar-refractivity contribution in [2.24, 2.45) is 0 Å². The summed E-state index contributed by atoms with van der Waals surface area (Å²) in [5.74, 6) is -0.421. The van der Waals surface area contributed by atoms with Gasteiger partial charge in [0.15, 0.2) is 0 Å². The number of nitrogens with one attached hydrogen (secondary N) is 2. The van der Waals surface area contributed by atoms with E-state index in [1.54, 1.807) is 0 Å². The molecule has 0 aliphatic carbocycles. The second kappa shape index (κ2) is 6.47. The molecule has 1 fully saturated rings. The third-order valence-corrected chi connectivity index (χ3v) is 3.13. The number of aromatic nitrogens is 1. The lowest BCUT2D eigenvalue weighted by Crippen LogP contribution is -2.45. The predicted molar refractivity (Wildman–Crippen MR) is 68.0 cm³/mol. The van der Waals surface area contributed by atoms with Gasteiger partial charge in [0.2, 0.25) is 0 Å². The zero-order valence-electron chi connectivity index (χ0n) is 10.9. The Morgan fingerprint density at radius 3 is 3.21 bits per heavy atom. The summed E-state index contributed by atoms with van der Waals surface area (Å²) >= 11 is 0. The summed E-state index contributed by atoms with van der Waals surface area (Å²) in [6.07, 6.45) is 3.54. The van der Waals surface area contributed by atoms with E-state index in [1.807, 2.05) is 6.92 Å². The van der Waals surface area contributed by atoms with Gasteiger partial charge in [0, 0.05) is 12.8 Å². The summed E-state index contributed by atoms with van der Waals surface area (Å²) in [7, 11) is 0. The number of halogens is 1. The van der Waals surface area contributed by atoms with E-state index in [1.165, 1.54) is 18.3 Å². The number of hydrogen-bond donors (Lipinski definition) is 2. The maximum absolute atomic E-state index is 13.3. The number of carbonyl (C=O) groups is 1. The number of hydrogen-bond acceptors (Lipinski definition) is 3. The SMILES string of the molecule is C[C@H](NC(=O)NCc1ncccc1F)[C@@H]1CCCO1. The van der Waals surface area contributed by atoms with Crippen molar-refractivity contribution in [1.82, 2.24) is 15.6 Å². The van der Waals surface area contributed by atoms with Crippen LogP contribution in [0.4, 0.5) is 9.18 Å². The first-order chi connectivity index (χ1) is 9.16. The molecule has 0 aromatic carbocycles. The number of carbonyl (C=O) groups excluding carboxylic acids is 1. The molecule has 0 saturated carbocycles. The summed E-state index contributed by atoms with van der Waals surface area (Å²) in [5, 5.41) is 5.37. The average molecular weight is 267 g/mol. The van der Waals surface area contributed by atoms with E-state index in [4.69, 9.17) is 4.74 Å². The van der Waals surface area contributed by atoms with E-state index in [9.17, 15) is 9.18 Å². The average Bonchev–Trinajstić information content (AvgIpc) is 2.91. The summed E-state index contributed by atoms with van der Waals surface area (Å²) in [6.45, 7) is 2.71. The fraction of sp³-hybridized carbons (Fsp3) is 0.538. The van der Waals surface area contributed by atoms with Crippen molar-refractivity contribution in [3.8, 4) is 0 Å². The third-order valence-electron chi connectivity index (χ3n) is 3.13. The molecule has 1 aliphatic rings. The highest BCUT2D eigenvalue weighted by Gasteiger charge is 2.23.